The van der Waals surface area contributed by atoms with Crippen LogP contribution in [0.4, 0.5) is 0 Å². The molecule has 0 radical (unpaired) electrons. The fourth-order valence-electron chi connectivity index (χ4n) is 3.41. The number of aliphatic hydroxyl groups excluding tert-OH is 1. The van der Waals surface area contributed by atoms with E-state index in [0.29, 0.717) is 36.8 Å². The Morgan fingerprint density at radius 1 is 1.43 bits per heavy atom. The van der Waals surface area contributed by atoms with Crippen molar-refractivity contribution in [2.45, 2.75) is 45.8 Å². The molecule has 4 nitrogen and oxygen atoms in total. The fourth-order valence-corrected chi connectivity index (χ4v) is 3.41. The molecule has 2 aliphatic rings. The molecule has 1 aromatic rings. The van der Waals surface area contributed by atoms with Gasteiger partial charge in [0.2, 0.25) is 0 Å². The number of carbonyl (C=O) groups excluding carboxylic acids is 1. The summed E-state index contributed by atoms with van der Waals surface area (Å²) < 4.78 is 5.91. The van der Waals surface area contributed by atoms with Crippen LogP contribution in [-0.2, 0) is 6.42 Å². The van der Waals surface area contributed by atoms with E-state index >= 15 is 0 Å². The highest BCUT2D eigenvalue weighted by atomic mass is 16.5. The molecule has 2 aliphatic heterocycles. The second kappa shape index (κ2) is 5.34. The summed E-state index contributed by atoms with van der Waals surface area (Å²) in [6.45, 7) is 7.23. The van der Waals surface area contributed by atoms with E-state index in [0.717, 1.165) is 17.5 Å². The second-order valence-corrected chi connectivity index (χ2v) is 6.71. The predicted molar refractivity (Wildman–Crippen MR) is 80.7 cm³/mol. The zero-order chi connectivity index (χ0) is 15.1. The molecule has 2 heterocycles. The van der Waals surface area contributed by atoms with E-state index in [1.54, 1.807) is 4.90 Å². The molecular weight excluding hydrogens is 266 g/mol. The first-order chi connectivity index (χ1) is 9.95. The maximum atomic E-state index is 12.9. The van der Waals surface area contributed by atoms with Crippen LogP contribution in [0.15, 0.2) is 12.1 Å². The van der Waals surface area contributed by atoms with Gasteiger partial charge in [0.15, 0.2) is 0 Å². The van der Waals surface area contributed by atoms with Gasteiger partial charge in [0, 0.05) is 6.54 Å². The average Bonchev–Trinajstić information content (AvgIpc) is 2.70. The van der Waals surface area contributed by atoms with Gasteiger partial charge in [-0.15, -0.1) is 0 Å². The Bertz CT molecular complexity index is 567. The fraction of sp³-hybridized carbons (Fsp3) is 0.588. The molecule has 0 saturated carbocycles. The predicted octanol–water partition coefficient (Wildman–Crippen LogP) is 2.16. The Morgan fingerprint density at radius 3 is 2.90 bits per heavy atom. The Kier molecular flexibility index (Phi) is 3.66. The molecule has 1 amide bonds. The Morgan fingerprint density at radius 2 is 2.19 bits per heavy atom. The van der Waals surface area contributed by atoms with E-state index in [2.05, 4.69) is 19.9 Å². The molecule has 3 rings (SSSR count). The van der Waals surface area contributed by atoms with Gasteiger partial charge in [-0.1, -0.05) is 19.9 Å². The van der Waals surface area contributed by atoms with Gasteiger partial charge in [-0.2, -0.15) is 0 Å². The molecule has 2 atom stereocenters. The molecular formula is C17H23NO3. The summed E-state index contributed by atoms with van der Waals surface area (Å²) in [4.78, 5) is 14.7. The monoisotopic (exact) mass is 289 g/mol. The van der Waals surface area contributed by atoms with Gasteiger partial charge >= 0.3 is 0 Å². The quantitative estimate of drug-likeness (QED) is 0.907. The summed E-state index contributed by atoms with van der Waals surface area (Å²) in [6.07, 6.45) is 1.04. The lowest BCUT2D eigenvalue weighted by Gasteiger charge is -2.21. The molecule has 1 fully saturated rings. The van der Waals surface area contributed by atoms with Crippen LogP contribution < -0.4 is 4.74 Å². The molecule has 21 heavy (non-hydrogen) atoms. The summed E-state index contributed by atoms with van der Waals surface area (Å²) in [7, 11) is 0. The molecule has 0 unspecified atom stereocenters. The zero-order valence-corrected chi connectivity index (χ0v) is 12.9. The van der Waals surface area contributed by atoms with Crippen molar-refractivity contribution < 1.29 is 14.6 Å². The summed E-state index contributed by atoms with van der Waals surface area (Å²) in [6, 6.07) is 4.04. The molecule has 0 spiro atoms. The third-order valence-corrected chi connectivity index (χ3v) is 4.25. The molecule has 0 aliphatic carbocycles. The number of amides is 1. The van der Waals surface area contributed by atoms with Crippen molar-refractivity contribution in [2.24, 2.45) is 5.92 Å². The van der Waals surface area contributed by atoms with Gasteiger partial charge in [0.1, 0.15) is 12.4 Å². The minimum Gasteiger partial charge on any atom is -0.491 e. The van der Waals surface area contributed by atoms with E-state index in [4.69, 9.17) is 4.74 Å². The Balaban J connectivity index is 2.05. The lowest BCUT2D eigenvalue weighted by atomic mass is 9.94. The molecule has 4 heteroatoms. The molecule has 1 N–H and O–H groups in total. The zero-order valence-electron chi connectivity index (χ0n) is 12.9. The molecule has 0 aromatic heterocycles. The van der Waals surface area contributed by atoms with Crippen molar-refractivity contribution in [3.05, 3.63) is 28.8 Å². The van der Waals surface area contributed by atoms with E-state index in [-0.39, 0.29) is 11.9 Å². The van der Waals surface area contributed by atoms with Gasteiger partial charge in [-0.3, -0.25) is 4.79 Å². The van der Waals surface area contributed by atoms with Crippen molar-refractivity contribution in [1.82, 2.24) is 4.90 Å². The summed E-state index contributed by atoms with van der Waals surface area (Å²) in [5.74, 6) is 1.20. The number of hydrogen-bond acceptors (Lipinski definition) is 3. The van der Waals surface area contributed by atoms with Crippen molar-refractivity contribution >= 4 is 5.91 Å². The van der Waals surface area contributed by atoms with Crippen molar-refractivity contribution in [1.29, 1.82) is 0 Å². The Labute approximate surface area is 125 Å². The van der Waals surface area contributed by atoms with E-state index < -0.39 is 6.10 Å². The summed E-state index contributed by atoms with van der Waals surface area (Å²) >= 11 is 0. The van der Waals surface area contributed by atoms with Crippen LogP contribution in [0, 0.1) is 12.8 Å². The summed E-state index contributed by atoms with van der Waals surface area (Å²) in [5.41, 5.74) is 2.89. The van der Waals surface area contributed by atoms with Gasteiger partial charge in [-0.05, 0) is 42.9 Å². The highest BCUT2D eigenvalue weighted by molar-refractivity contribution is 5.99. The topological polar surface area (TPSA) is 49.8 Å². The van der Waals surface area contributed by atoms with Crippen LogP contribution in [0.3, 0.4) is 0 Å². The first kappa shape index (κ1) is 14.4. The molecule has 0 bridgehead atoms. The SMILES string of the molecule is Cc1cc(CC(C)C)c2c(c1)OC[C@H]1C[C@H](O)CN1C2=O. The third-order valence-electron chi connectivity index (χ3n) is 4.25. The maximum Gasteiger partial charge on any atom is 0.258 e. The number of benzene rings is 1. The first-order valence-corrected chi connectivity index (χ1v) is 7.71. The number of ether oxygens (including phenoxy) is 1. The van der Waals surface area contributed by atoms with E-state index in [1.165, 1.54) is 0 Å². The molecule has 1 saturated heterocycles. The minimum atomic E-state index is -0.428. The lowest BCUT2D eigenvalue weighted by molar-refractivity contribution is 0.0709. The minimum absolute atomic E-state index is 0.00731. The molecule has 114 valence electrons. The Hall–Kier alpha value is -1.55. The maximum absolute atomic E-state index is 12.9. The standard InChI is InChI=1S/C17H23NO3/c1-10(2)4-12-5-11(3)6-15-16(12)17(20)18-8-14(19)7-13(18)9-21-15/h5-6,10,13-14,19H,4,7-9H2,1-3H3/t13-,14+/m1/s1. The van der Waals surface area contributed by atoms with Gasteiger partial charge < -0.3 is 14.7 Å². The van der Waals surface area contributed by atoms with Crippen molar-refractivity contribution in [3.8, 4) is 5.75 Å². The number of rotatable bonds is 2. The van der Waals surface area contributed by atoms with Gasteiger partial charge in [0.05, 0.1) is 17.7 Å². The number of aliphatic hydroxyl groups is 1. The number of carbonyl (C=O) groups is 1. The number of hydrogen-bond donors (Lipinski definition) is 1. The number of nitrogens with zero attached hydrogens (tertiary/aromatic N) is 1. The number of aryl methyl sites for hydroxylation is 1. The lowest BCUT2D eigenvalue weighted by Crippen LogP contribution is -2.37. The highest BCUT2D eigenvalue weighted by Crippen LogP contribution is 2.34. The van der Waals surface area contributed by atoms with Crippen LogP contribution in [0.25, 0.3) is 0 Å². The second-order valence-electron chi connectivity index (χ2n) is 6.71. The highest BCUT2D eigenvalue weighted by Gasteiger charge is 2.39. The van der Waals surface area contributed by atoms with Crippen LogP contribution >= 0.6 is 0 Å². The van der Waals surface area contributed by atoms with E-state index in [1.807, 2.05) is 13.0 Å². The van der Waals surface area contributed by atoms with Crippen molar-refractivity contribution in [2.75, 3.05) is 13.2 Å². The third kappa shape index (κ3) is 2.64. The van der Waals surface area contributed by atoms with Crippen LogP contribution in [0.2, 0.25) is 0 Å². The van der Waals surface area contributed by atoms with E-state index in [9.17, 15) is 9.90 Å². The molecule has 1 aromatic carbocycles. The number of fused-ring (bicyclic) bond motifs is 2. The summed E-state index contributed by atoms with van der Waals surface area (Å²) in [5, 5.41) is 9.83. The largest absolute Gasteiger partial charge is 0.491 e. The van der Waals surface area contributed by atoms with Gasteiger partial charge in [0.25, 0.3) is 5.91 Å². The van der Waals surface area contributed by atoms with Crippen LogP contribution in [-0.4, -0.2) is 41.2 Å². The average molecular weight is 289 g/mol. The smallest absolute Gasteiger partial charge is 0.258 e. The van der Waals surface area contributed by atoms with Crippen LogP contribution in [0.1, 0.15) is 41.8 Å². The first-order valence-electron chi connectivity index (χ1n) is 7.71. The van der Waals surface area contributed by atoms with Crippen molar-refractivity contribution in [3.63, 3.8) is 0 Å². The van der Waals surface area contributed by atoms with Gasteiger partial charge in [-0.25, -0.2) is 0 Å². The van der Waals surface area contributed by atoms with Crippen LogP contribution in [0.5, 0.6) is 5.75 Å². The normalized spacial score (nSPS) is 24.6.